The van der Waals surface area contributed by atoms with E-state index < -0.39 is 5.82 Å². The Morgan fingerprint density at radius 3 is 2.07 bits per heavy atom. The Bertz CT molecular complexity index is 601. The maximum absolute atomic E-state index is 13.8. The molecule has 1 fully saturated rings. The smallest absolute Gasteiger partial charge is 0.166 e. The molecule has 0 atom stereocenters. The van der Waals surface area contributed by atoms with Crippen LogP contribution < -0.4 is 4.74 Å². The van der Waals surface area contributed by atoms with Crippen molar-refractivity contribution in [2.45, 2.75) is 103 Å². The first-order valence-corrected chi connectivity index (χ1v) is 12.1. The molecule has 1 aliphatic carbocycles. The van der Waals surface area contributed by atoms with Gasteiger partial charge < -0.3 is 4.74 Å². The Kier molecular flexibility index (Phi) is 11.8. The summed E-state index contributed by atoms with van der Waals surface area (Å²) in [6.07, 6.45) is 20.4. The molecule has 3 heteroatoms. The highest BCUT2D eigenvalue weighted by Gasteiger charge is 2.20. The van der Waals surface area contributed by atoms with Crippen molar-refractivity contribution in [1.29, 1.82) is 5.26 Å². The number of hydrogen-bond acceptors (Lipinski definition) is 2. The summed E-state index contributed by atoms with van der Waals surface area (Å²) in [5.41, 5.74) is 0.332. The molecule has 0 amide bonds. The van der Waals surface area contributed by atoms with Gasteiger partial charge in [-0.1, -0.05) is 90.4 Å². The fraction of sp³-hybridized carbons (Fsp3) is 0.731. The van der Waals surface area contributed by atoms with Crippen LogP contribution in [0.15, 0.2) is 18.2 Å². The number of nitriles is 1. The van der Waals surface area contributed by atoms with Crippen molar-refractivity contribution in [3.8, 4) is 11.8 Å². The lowest BCUT2D eigenvalue weighted by Gasteiger charge is -2.28. The van der Waals surface area contributed by atoms with E-state index in [-0.39, 0.29) is 5.75 Å². The summed E-state index contributed by atoms with van der Waals surface area (Å²) in [4.78, 5) is 0. The van der Waals surface area contributed by atoms with E-state index in [0.717, 1.165) is 18.3 Å². The topological polar surface area (TPSA) is 33.0 Å². The normalized spacial score (nSPS) is 19.1. The summed E-state index contributed by atoms with van der Waals surface area (Å²) in [6.45, 7) is 2.84. The molecule has 1 aromatic rings. The van der Waals surface area contributed by atoms with Crippen molar-refractivity contribution in [2.24, 2.45) is 11.8 Å². The van der Waals surface area contributed by atoms with Crippen molar-refractivity contribution >= 4 is 0 Å². The van der Waals surface area contributed by atoms with Crippen LogP contribution in [0.25, 0.3) is 0 Å². The Hall–Kier alpha value is -1.56. The van der Waals surface area contributed by atoms with Gasteiger partial charge >= 0.3 is 0 Å². The number of unbranched alkanes of at least 4 members (excludes halogenated alkanes) is 7. The second-order valence-electron chi connectivity index (χ2n) is 8.90. The van der Waals surface area contributed by atoms with Gasteiger partial charge in [0.1, 0.15) is 0 Å². The van der Waals surface area contributed by atoms with Crippen LogP contribution >= 0.6 is 0 Å². The monoisotopic (exact) mass is 401 g/mol. The molecule has 0 radical (unpaired) electrons. The highest BCUT2D eigenvalue weighted by atomic mass is 19.1. The SMILES string of the molecule is CCCCCCCCCC[C@H]1CC[C@H](CCCOc2ccc(C#N)cc2F)CC1. The van der Waals surface area contributed by atoms with Crippen LogP contribution in [0.1, 0.15) is 109 Å². The van der Waals surface area contributed by atoms with Gasteiger partial charge in [-0.15, -0.1) is 0 Å². The minimum atomic E-state index is -0.439. The van der Waals surface area contributed by atoms with Crippen molar-refractivity contribution in [3.05, 3.63) is 29.6 Å². The molecule has 2 rings (SSSR count). The van der Waals surface area contributed by atoms with Gasteiger partial charge in [-0.25, -0.2) is 4.39 Å². The van der Waals surface area contributed by atoms with E-state index in [1.807, 2.05) is 6.07 Å². The van der Waals surface area contributed by atoms with Crippen LogP contribution in [0.3, 0.4) is 0 Å². The zero-order valence-corrected chi connectivity index (χ0v) is 18.4. The maximum atomic E-state index is 13.8. The predicted molar refractivity (Wildman–Crippen MR) is 119 cm³/mol. The third-order valence-electron chi connectivity index (χ3n) is 6.51. The minimum Gasteiger partial charge on any atom is -0.491 e. The Morgan fingerprint density at radius 1 is 0.897 bits per heavy atom. The van der Waals surface area contributed by atoms with Crippen LogP contribution in [-0.2, 0) is 0 Å². The second-order valence-corrected chi connectivity index (χ2v) is 8.90. The molecular formula is C26H40FNO. The largest absolute Gasteiger partial charge is 0.491 e. The molecule has 0 spiro atoms. The zero-order chi connectivity index (χ0) is 20.7. The summed E-state index contributed by atoms with van der Waals surface area (Å²) >= 11 is 0. The van der Waals surface area contributed by atoms with Gasteiger partial charge in [-0.05, 0) is 42.9 Å². The molecule has 0 N–H and O–H groups in total. The number of benzene rings is 1. The Labute approximate surface area is 177 Å². The lowest BCUT2D eigenvalue weighted by Crippen LogP contribution is -2.15. The van der Waals surface area contributed by atoms with Gasteiger partial charge in [0.25, 0.3) is 0 Å². The summed E-state index contributed by atoms with van der Waals surface area (Å²) in [5, 5.41) is 8.78. The summed E-state index contributed by atoms with van der Waals surface area (Å²) < 4.78 is 19.4. The van der Waals surface area contributed by atoms with Crippen LogP contribution in [0.5, 0.6) is 5.75 Å². The maximum Gasteiger partial charge on any atom is 0.166 e. The van der Waals surface area contributed by atoms with E-state index in [0.29, 0.717) is 12.2 Å². The quantitative estimate of drug-likeness (QED) is 0.294. The number of hydrogen-bond donors (Lipinski definition) is 0. The molecule has 1 saturated carbocycles. The first-order valence-electron chi connectivity index (χ1n) is 12.1. The molecule has 29 heavy (non-hydrogen) atoms. The number of rotatable bonds is 14. The minimum absolute atomic E-state index is 0.262. The molecular weight excluding hydrogens is 361 g/mol. The van der Waals surface area contributed by atoms with Gasteiger partial charge in [0.2, 0.25) is 0 Å². The number of halogens is 1. The first-order chi connectivity index (χ1) is 14.2. The standard InChI is InChI=1S/C26H40FNO/c1-2-3-4-5-6-7-8-9-11-22-13-15-23(16-14-22)12-10-19-29-26-18-17-24(21-28)20-25(26)27/h17-18,20,22-23H,2-16,19H2,1H3/t22-,23-. The fourth-order valence-corrected chi connectivity index (χ4v) is 4.62. The van der Waals surface area contributed by atoms with Gasteiger partial charge in [0.05, 0.1) is 18.2 Å². The number of nitrogens with zero attached hydrogens (tertiary/aromatic N) is 1. The first kappa shape index (κ1) is 23.7. The van der Waals surface area contributed by atoms with E-state index in [2.05, 4.69) is 6.92 Å². The Morgan fingerprint density at radius 2 is 1.48 bits per heavy atom. The van der Waals surface area contributed by atoms with Crippen molar-refractivity contribution in [1.82, 2.24) is 0 Å². The van der Waals surface area contributed by atoms with E-state index in [1.165, 1.54) is 96.0 Å². The molecule has 1 aliphatic rings. The highest BCUT2D eigenvalue weighted by molar-refractivity contribution is 5.35. The third kappa shape index (κ3) is 9.66. The van der Waals surface area contributed by atoms with Crippen molar-refractivity contribution < 1.29 is 9.13 Å². The van der Waals surface area contributed by atoms with E-state index in [9.17, 15) is 4.39 Å². The molecule has 0 heterocycles. The van der Waals surface area contributed by atoms with E-state index in [1.54, 1.807) is 12.1 Å². The molecule has 0 aromatic heterocycles. The summed E-state index contributed by atoms with van der Waals surface area (Å²) in [6, 6.07) is 6.34. The van der Waals surface area contributed by atoms with Crippen LogP contribution in [0, 0.1) is 29.0 Å². The van der Waals surface area contributed by atoms with Crippen LogP contribution in [0.4, 0.5) is 4.39 Å². The molecule has 0 bridgehead atoms. The second kappa shape index (κ2) is 14.4. The van der Waals surface area contributed by atoms with Crippen molar-refractivity contribution in [2.75, 3.05) is 6.61 Å². The van der Waals surface area contributed by atoms with E-state index in [4.69, 9.17) is 10.00 Å². The van der Waals surface area contributed by atoms with Crippen LogP contribution in [-0.4, -0.2) is 6.61 Å². The zero-order valence-electron chi connectivity index (χ0n) is 18.4. The van der Waals surface area contributed by atoms with E-state index >= 15 is 0 Å². The van der Waals surface area contributed by atoms with Gasteiger partial charge in [0.15, 0.2) is 11.6 Å². The fourth-order valence-electron chi connectivity index (χ4n) is 4.62. The summed E-state index contributed by atoms with van der Waals surface area (Å²) in [7, 11) is 0. The van der Waals surface area contributed by atoms with Gasteiger partial charge in [-0.3, -0.25) is 0 Å². The lowest BCUT2D eigenvalue weighted by molar-refractivity contribution is 0.225. The number of ether oxygens (including phenoxy) is 1. The molecule has 0 aliphatic heterocycles. The highest BCUT2D eigenvalue weighted by Crippen LogP contribution is 2.34. The van der Waals surface area contributed by atoms with Gasteiger partial charge in [-0.2, -0.15) is 5.26 Å². The molecule has 0 unspecified atom stereocenters. The molecule has 1 aromatic carbocycles. The lowest BCUT2D eigenvalue weighted by atomic mass is 9.78. The average Bonchev–Trinajstić information content (AvgIpc) is 2.75. The predicted octanol–water partition coefficient (Wildman–Crippen LogP) is 8.19. The molecule has 2 nitrogen and oxygen atoms in total. The van der Waals surface area contributed by atoms with Crippen molar-refractivity contribution in [3.63, 3.8) is 0 Å². The third-order valence-corrected chi connectivity index (χ3v) is 6.51. The molecule has 0 saturated heterocycles. The average molecular weight is 402 g/mol. The van der Waals surface area contributed by atoms with Gasteiger partial charge in [0, 0.05) is 0 Å². The molecule has 162 valence electrons. The summed E-state index contributed by atoms with van der Waals surface area (Å²) in [5.74, 6) is 1.60. The Balaban J connectivity index is 1.47. The van der Waals surface area contributed by atoms with Crippen LogP contribution in [0.2, 0.25) is 0 Å².